The van der Waals surface area contributed by atoms with E-state index >= 15 is 0 Å². The summed E-state index contributed by atoms with van der Waals surface area (Å²) >= 11 is 0. The van der Waals surface area contributed by atoms with Crippen molar-refractivity contribution in [2.45, 2.75) is 77.0 Å². The molecular formula is C24H34O2. The van der Waals surface area contributed by atoms with Crippen molar-refractivity contribution < 1.29 is 9.53 Å². The molecule has 0 atom stereocenters. The van der Waals surface area contributed by atoms with Crippen LogP contribution in [0, 0.1) is 0 Å². The lowest BCUT2D eigenvalue weighted by atomic mass is 10.00. The Morgan fingerprint density at radius 3 is 1.92 bits per heavy atom. The van der Waals surface area contributed by atoms with E-state index in [0.29, 0.717) is 18.1 Å². The molecule has 1 aromatic carbocycles. The summed E-state index contributed by atoms with van der Waals surface area (Å²) in [5, 5.41) is 0. The van der Waals surface area contributed by atoms with Gasteiger partial charge >= 0.3 is 5.97 Å². The van der Waals surface area contributed by atoms with Crippen LogP contribution in [0.5, 0.6) is 0 Å². The minimum atomic E-state index is -0.204. The Balaban J connectivity index is 1.51. The Bertz CT molecular complexity index is 556. The summed E-state index contributed by atoms with van der Waals surface area (Å²) in [7, 11) is 0. The molecule has 1 aromatic rings. The number of ether oxygens (including phenoxy) is 1. The Labute approximate surface area is 159 Å². The van der Waals surface area contributed by atoms with E-state index in [1.54, 1.807) is 0 Å². The predicted octanol–water partition coefficient (Wildman–Crippen LogP) is 6.97. The van der Waals surface area contributed by atoms with E-state index in [1.807, 2.05) is 24.3 Å². The van der Waals surface area contributed by atoms with Crippen LogP contribution >= 0.6 is 0 Å². The van der Waals surface area contributed by atoms with Gasteiger partial charge in [0.2, 0.25) is 0 Å². The molecule has 0 N–H and O–H groups in total. The van der Waals surface area contributed by atoms with Crippen LogP contribution in [0.15, 0.2) is 48.6 Å². The minimum absolute atomic E-state index is 0.204. The van der Waals surface area contributed by atoms with Crippen molar-refractivity contribution in [2.75, 3.05) is 6.61 Å². The maximum Gasteiger partial charge on any atom is 0.338 e. The molecule has 0 heterocycles. The third-order valence-corrected chi connectivity index (χ3v) is 5.01. The van der Waals surface area contributed by atoms with Crippen LogP contribution in [-0.2, 0) is 4.74 Å². The topological polar surface area (TPSA) is 26.3 Å². The first-order valence-electron chi connectivity index (χ1n) is 10.4. The fourth-order valence-corrected chi connectivity index (χ4v) is 3.33. The predicted molar refractivity (Wildman–Crippen MR) is 110 cm³/mol. The summed E-state index contributed by atoms with van der Waals surface area (Å²) in [6.07, 6.45) is 21.3. The number of benzene rings is 1. The normalized spacial score (nSPS) is 13.4. The number of carbonyl (C=O) groups is 1. The number of hydrogen-bond acceptors (Lipinski definition) is 2. The molecule has 26 heavy (non-hydrogen) atoms. The molecule has 0 fully saturated rings. The molecule has 0 aromatic heterocycles. The molecule has 2 heteroatoms. The van der Waals surface area contributed by atoms with E-state index < -0.39 is 0 Å². The highest BCUT2D eigenvalue weighted by atomic mass is 16.5. The van der Waals surface area contributed by atoms with Gasteiger partial charge in [-0.15, -0.1) is 0 Å². The lowest BCUT2D eigenvalue weighted by molar-refractivity contribution is 0.0497. The number of allylic oxidation sites excluding steroid dienone is 4. The number of carbonyl (C=O) groups excluding carboxylic acids is 1. The van der Waals surface area contributed by atoms with Gasteiger partial charge in [0.25, 0.3) is 0 Å². The van der Waals surface area contributed by atoms with E-state index in [4.69, 9.17) is 4.74 Å². The second-order valence-corrected chi connectivity index (χ2v) is 7.24. The molecular weight excluding hydrogens is 320 g/mol. The Morgan fingerprint density at radius 1 is 0.808 bits per heavy atom. The zero-order valence-corrected chi connectivity index (χ0v) is 16.3. The summed E-state index contributed by atoms with van der Waals surface area (Å²) in [4.78, 5) is 12.1. The molecule has 142 valence electrons. The van der Waals surface area contributed by atoms with Crippen molar-refractivity contribution in [1.82, 2.24) is 0 Å². The summed E-state index contributed by atoms with van der Waals surface area (Å²) in [5.74, 6) is 0.136. The highest BCUT2D eigenvalue weighted by Crippen LogP contribution is 2.23. The SMILES string of the molecule is CCCCCCCCCCCCOC(=O)c1ccc(C2C=CC=C2)cc1. The zero-order valence-electron chi connectivity index (χ0n) is 16.3. The molecule has 0 bridgehead atoms. The molecule has 1 aliphatic rings. The molecule has 2 rings (SSSR count). The molecule has 0 saturated heterocycles. The fraction of sp³-hybridized carbons (Fsp3) is 0.542. The van der Waals surface area contributed by atoms with Crippen LogP contribution in [-0.4, -0.2) is 12.6 Å². The molecule has 0 saturated carbocycles. The average molecular weight is 355 g/mol. The first-order valence-corrected chi connectivity index (χ1v) is 10.4. The second kappa shape index (κ2) is 12.5. The lowest BCUT2D eigenvalue weighted by Gasteiger charge is -2.08. The summed E-state index contributed by atoms with van der Waals surface area (Å²) < 4.78 is 5.40. The van der Waals surface area contributed by atoms with Gasteiger partial charge in [-0.2, -0.15) is 0 Å². The van der Waals surface area contributed by atoms with E-state index in [9.17, 15) is 4.79 Å². The van der Waals surface area contributed by atoms with E-state index in [1.165, 1.54) is 56.9 Å². The van der Waals surface area contributed by atoms with E-state index in [2.05, 4.69) is 31.2 Å². The van der Waals surface area contributed by atoms with Crippen LogP contribution < -0.4 is 0 Å². The van der Waals surface area contributed by atoms with Crippen molar-refractivity contribution >= 4 is 5.97 Å². The number of esters is 1. The maximum absolute atomic E-state index is 12.1. The van der Waals surface area contributed by atoms with Gasteiger partial charge in [-0.3, -0.25) is 0 Å². The van der Waals surface area contributed by atoms with E-state index in [0.717, 1.165) is 12.8 Å². The number of rotatable bonds is 13. The number of hydrogen-bond donors (Lipinski definition) is 0. The van der Waals surface area contributed by atoms with Crippen molar-refractivity contribution in [2.24, 2.45) is 0 Å². The smallest absolute Gasteiger partial charge is 0.338 e. The van der Waals surface area contributed by atoms with Gasteiger partial charge in [-0.1, -0.05) is 101 Å². The molecule has 0 unspecified atom stereocenters. The van der Waals surface area contributed by atoms with Gasteiger partial charge < -0.3 is 4.74 Å². The molecule has 0 spiro atoms. The van der Waals surface area contributed by atoms with Crippen molar-refractivity contribution in [3.05, 3.63) is 59.7 Å². The molecule has 0 radical (unpaired) electrons. The van der Waals surface area contributed by atoms with Gasteiger partial charge in [-0.05, 0) is 24.1 Å². The molecule has 2 nitrogen and oxygen atoms in total. The van der Waals surface area contributed by atoms with Gasteiger partial charge in [0, 0.05) is 5.92 Å². The Morgan fingerprint density at radius 2 is 1.35 bits per heavy atom. The highest BCUT2D eigenvalue weighted by Gasteiger charge is 2.10. The monoisotopic (exact) mass is 354 g/mol. The quantitative estimate of drug-likeness (QED) is 0.282. The standard InChI is InChI=1S/C24H34O2/c1-2-3-4-5-6-7-8-9-10-13-20-26-24(25)23-18-16-22(17-19-23)21-14-11-12-15-21/h11-12,14-19,21H,2-10,13,20H2,1H3. The largest absolute Gasteiger partial charge is 0.462 e. The summed E-state index contributed by atoms with van der Waals surface area (Å²) in [6.45, 7) is 2.79. The van der Waals surface area contributed by atoms with Gasteiger partial charge in [0.15, 0.2) is 0 Å². The third-order valence-electron chi connectivity index (χ3n) is 5.01. The van der Waals surface area contributed by atoms with Crippen LogP contribution in [0.1, 0.15) is 93.0 Å². The first-order chi connectivity index (χ1) is 12.8. The fourth-order valence-electron chi connectivity index (χ4n) is 3.33. The zero-order chi connectivity index (χ0) is 18.5. The Kier molecular flexibility index (Phi) is 9.86. The van der Waals surface area contributed by atoms with Crippen molar-refractivity contribution in [1.29, 1.82) is 0 Å². The van der Waals surface area contributed by atoms with Gasteiger partial charge in [0.05, 0.1) is 12.2 Å². The van der Waals surface area contributed by atoms with Crippen LogP contribution in [0.4, 0.5) is 0 Å². The van der Waals surface area contributed by atoms with Gasteiger partial charge in [0.1, 0.15) is 0 Å². The molecule has 0 aliphatic heterocycles. The summed E-state index contributed by atoms with van der Waals surface area (Å²) in [6, 6.07) is 7.77. The Hall–Kier alpha value is -1.83. The van der Waals surface area contributed by atoms with Crippen LogP contribution in [0.25, 0.3) is 0 Å². The summed E-state index contributed by atoms with van der Waals surface area (Å²) in [5.41, 5.74) is 1.85. The molecule has 0 amide bonds. The van der Waals surface area contributed by atoms with Gasteiger partial charge in [-0.25, -0.2) is 4.79 Å². The third kappa shape index (κ3) is 7.59. The van der Waals surface area contributed by atoms with Crippen LogP contribution in [0.3, 0.4) is 0 Å². The second-order valence-electron chi connectivity index (χ2n) is 7.24. The molecule has 1 aliphatic carbocycles. The van der Waals surface area contributed by atoms with E-state index in [-0.39, 0.29) is 5.97 Å². The highest BCUT2D eigenvalue weighted by molar-refractivity contribution is 5.89. The minimum Gasteiger partial charge on any atom is -0.462 e. The lowest BCUT2D eigenvalue weighted by Crippen LogP contribution is -2.06. The van der Waals surface area contributed by atoms with Crippen molar-refractivity contribution in [3.8, 4) is 0 Å². The van der Waals surface area contributed by atoms with Crippen molar-refractivity contribution in [3.63, 3.8) is 0 Å². The average Bonchev–Trinajstić information content (AvgIpc) is 3.21. The maximum atomic E-state index is 12.1. The van der Waals surface area contributed by atoms with Crippen LogP contribution in [0.2, 0.25) is 0 Å². The first kappa shape index (κ1) is 20.5. The number of unbranched alkanes of at least 4 members (excludes halogenated alkanes) is 9.